The molecule has 1 aliphatic carbocycles. The molecule has 5 nitrogen and oxygen atoms in total. The van der Waals surface area contributed by atoms with Crippen LogP contribution in [0.4, 0.5) is 14.6 Å². The van der Waals surface area contributed by atoms with Crippen LogP contribution in [-0.2, 0) is 0 Å². The fourth-order valence-electron chi connectivity index (χ4n) is 4.60. The first-order valence-corrected chi connectivity index (χ1v) is 10.1. The van der Waals surface area contributed by atoms with E-state index in [0.717, 1.165) is 55.4 Å². The Labute approximate surface area is 163 Å². The van der Waals surface area contributed by atoms with E-state index >= 15 is 0 Å². The number of nitrogens with zero attached hydrogens (tertiary/aromatic N) is 4. The molecule has 2 aromatic rings. The molecule has 1 N–H and O–H groups in total. The van der Waals surface area contributed by atoms with Gasteiger partial charge in [0.25, 0.3) is 0 Å². The quantitative estimate of drug-likeness (QED) is 0.854. The third-order valence-corrected chi connectivity index (χ3v) is 6.16. The Kier molecular flexibility index (Phi) is 5.67. The molecule has 7 heteroatoms. The number of nitriles is 1. The van der Waals surface area contributed by atoms with Gasteiger partial charge in [0.05, 0.1) is 17.1 Å². The van der Waals surface area contributed by atoms with Crippen LogP contribution in [0.15, 0.2) is 24.5 Å². The van der Waals surface area contributed by atoms with Crippen LogP contribution < -0.4 is 5.32 Å². The van der Waals surface area contributed by atoms with Crippen molar-refractivity contribution in [2.24, 2.45) is 5.92 Å². The zero-order chi connectivity index (χ0) is 19.5. The van der Waals surface area contributed by atoms with Gasteiger partial charge < -0.3 is 5.32 Å². The predicted octanol–water partition coefficient (Wildman–Crippen LogP) is 4.20. The normalized spacial score (nSPS) is 26.3. The minimum Gasteiger partial charge on any atom is -0.367 e. The highest BCUT2D eigenvalue weighted by Gasteiger charge is 2.32. The zero-order valence-electron chi connectivity index (χ0n) is 15.8. The van der Waals surface area contributed by atoms with Crippen molar-refractivity contribution in [3.05, 3.63) is 30.1 Å². The Morgan fingerprint density at radius 2 is 1.96 bits per heavy atom. The highest BCUT2D eigenvalue weighted by molar-refractivity contribution is 5.89. The fraction of sp³-hybridized carbons (Fsp3) is 0.571. The molecule has 2 fully saturated rings. The highest BCUT2D eigenvalue weighted by Crippen LogP contribution is 2.31. The zero-order valence-corrected chi connectivity index (χ0v) is 15.8. The molecule has 0 amide bonds. The number of nitrogens with one attached hydrogen (secondary N) is 1. The van der Waals surface area contributed by atoms with Crippen LogP contribution in [0.25, 0.3) is 10.9 Å². The first-order valence-electron chi connectivity index (χ1n) is 10.1. The minimum atomic E-state index is -2.20. The Balaban J connectivity index is 1.39. The van der Waals surface area contributed by atoms with Gasteiger partial charge in [-0.3, -0.25) is 4.90 Å². The van der Waals surface area contributed by atoms with Crippen LogP contribution in [0.5, 0.6) is 0 Å². The van der Waals surface area contributed by atoms with E-state index in [4.69, 9.17) is 5.26 Å². The number of aromatic nitrogens is 2. The number of hydrogen-bond donors (Lipinski definition) is 1. The lowest BCUT2D eigenvalue weighted by atomic mass is 9.87. The van der Waals surface area contributed by atoms with E-state index in [1.54, 1.807) is 12.4 Å². The molecular formula is C21H25F2N5. The van der Waals surface area contributed by atoms with Gasteiger partial charge in [0, 0.05) is 29.9 Å². The predicted molar refractivity (Wildman–Crippen MR) is 104 cm³/mol. The molecule has 1 saturated heterocycles. The topological polar surface area (TPSA) is 64.8 Å². The summed E-state index contributed by atoms with van der Waals surface area (Å²) in [5.74, 6) is 0.299. The number of fused-ring (bicyclic) bond motifs is 1. The molecule has 4 rings (SSSR count). The minimum absolute atomic E-state index is 0.302. The lowest BCUT2D eigenvalue weighted by Crippen LogP contribution is -2.46. The van der Waals surface area contributed by atoms with Crippen molar-refractivity contribution in [2.45, 2.75) is 57.0 Å². The van der Waals surface area contributed by atoms with E-state index in [1.807, 2.05) is 12.1 Å². The molecule has 1 aromatic carbocycles. The maximum Gasteiger partial charge on any atom is 0.242 e. The third kappa shape index (κ3) is 4.07. The van der Waals surface area contributed by atoms with Gasteiger partial charge in [-0.1, -0.05) is 0 Å². The molecule has 28 heavy (non-hydrogen) atoms. The molecule has 0 radical (unpaired) electrons. The summed E-state index contributed by atoms with van der Waals surface area (Å²) in [6.07, 6.45) is 4.87. The molecule has 1 saturated carbocycles. The number of likely N-dealkylation sites (tertiary alicyclic amines) is 1. The van der Waals surface area contributed by atoms with E-state index in [2.05, 4.69) is 26.3 Å². The van der Waals surface area contributed by atoms with Crippen LogP contribution in [0.1, 0.15) is 44.1 Å². The van der Waals surface area contributed by atoms with E-state index in [1.165, 1.54) is 0 Å². The Morgan fingerprint density at radius 1 is 1.14 bits per heavy atom. The lowest BCUT2D eigenvalue weighted by molar-refractivity contribution is 0.00764. The number of alkyl halides is 2. The standard InChI is InChI=1S/C21H25F2N5/c22-20(23)15-2-1-9-28(12-15)17-6-4-16(5-7-17)27-21-18-10-14(11-24)3-8-19(18)25-13-26-21/h3,8,10,13,15-17,20H,1-2,4-7,9,12H2,(H,25,26,27). The number of rotatable bonds is 4. The number of hydrogen-bond acceptors (Lipinski definition) is 5. The number of benzene rings is 1. The SMILES string of the molecule is N#Cc1ccc2ncnc(NC3CCC(N4CCCC(C(F)F)C4)CC3)c2c1. The molecule has 1 aliphatic heterocycles. The number of anilines is 1. The van der Waals surface area contributed by atoms with Crippen molar-refractivity contribution in [3.8, 4) is 6.07 Å². The monoisotopic (exact) mass is 385 g/mol. The van der Waals surface area contributed by atoms with Gasteiger partial charge in [-0.15, -0.1) is 0 Å². The van der Waals surface area contributed by atoms with Gasteiger partial charge in [-0.05, 0) is 63.3 Å². The fourth-order valence-corrected chi connectivity index (χ4v) is 4.60. The van der Waals surface area contributed by atoms with Crippen LogP contribution >= 0.6 is 0 Å². The van der Waals surface area contributed by atoms with E-state index in [9.17, 15) is 8.78 Å². The first-order chi connectivity index (χ1) is 13.6. The summed E-state index contributed by atoms with van der Waals surface area (Å²) in [5, 5.41) is 13.5. The van der Waals surface area contributed by atoms with Gasteiger partial charge in [-0.25, -0.2) is 18.7 Å². The summed E-state index contributed by atoms with van der Waals surface area (Å²) in [5.41, 5.74) is 1.41. The molecule has 0 spiro atoms. The maximum absolute atomic E-state index is 13.1. The molecule has 0 bridgehead atoms. The van der Waals surface area contributed by atoms with E-state index in [0.29, 0.717) is 30.6 Å². The van der Waals surface area contributed by atoms with Crippen LogP contribution in [0, 0.1) is 17.2 Å². The van der Waals surface area contributed by atoms with Crippen molar-refractivity contribution in [2.75, 3.05) is 18.4 Å². The van der Waals surface area contributed by atoms with Crippen LogP contribution in [0.3, 0.4) is 0 Å². The second kappa shape index (κ2) is 8.36. The van der Waals surface area contributed by atoms with Gasteiger partial charge in [-0.2, -0.15) is 5.26 Å². The third-order valence-electron chi connectivity index (χ3n) is 6.16. The molecule has 1 aromatic heterocycles. The molecule has 148 valence electrons. The van der Waals surface area contributed by atoms with Crippen molar-refractivity contribution < 1.29 is 8.78 Å². The van der Waals surface area contributed by atoms with Crippen LogP contribution in [-0.4, -0.2) is 46.5 Å². The van der Waals surface area contributed by atoms with Crippen molar-refractivity contribution in [1.82, 2.24) is 14.9 Å². The highest BCUT2D eigenvalue weighted by atomic mass is 19.3. The van der Waals surface area contributed by atoms with Gasteiger partial charge in [0.2, 0.25) is 6.43 Å². The molecule has 2 aliphatic rings. The van der Waals surface area contributed by atoms with Gasteiger partial charge in [0.1, 0.15) is 12.1 Å². The van der Waals surface area contributed by atoms with E-state index < -0.39 is 12.3 Å². The van der Waals surface area contributed by atoms with Crippen molar-refractivity contribution in [3.63, 3.8) is 0 Å². The molecule has 1 unspecified atom stereocenters. The van der Waals surface area contributed by atoms with Gasteiger partial charge >= 0.3 is 0 Å². The summed E-state index contributed by atoms with van der Waals surface area (Å²) >= 11 is 0. The summed E-state index contributed by atoms with van der Waals surface area (Å²) in [6.45, 7) is 1.48. The lowest BCUT2D eigenvalue weighted by Gasteiger charge is -2.41. The second-order valence-corrected chi connectivity index (χ2v) is 7.95. The Morgan fingerprint density at radius 3 is 2.71 bits per heavy atom. The molecule has 2 heterocycles. The van der Waals surface area contributed by atoms with Crippen molar-refractivity contribution >= 4 is 16.7 Å². The number of halogens is 2. The smallest absolute Gasteiger partial charge is 0.242 e. The summed E-state index contributed by atoms with van der Waals surface area (Å²) in [6, 6.07) is 8.29. The molecule has 1 atom stereocenters. The second-order valence-electron chi connectivity index (χ2n) is 7.95. The summed E-state index contributed by atoms with van der Waals surface area (Å²) in [4.78, 5) is 11.0. The maximum atomic E-state index is 13.1. The van der Waals surface area contributed by atoms with Crippen LogP contribution in [0.2, 0.25) is 0 Å². The summed E-state index contributed by atoms with van der Waals surface area (Å²) in [7, 11) is 0. The summed E-state index contributed by atoms with van der Waals surface area (Å²) < 4.78 is 26.2. The Bertz CT molecular complexity index is 857. The van der Waals surface area contributed by atoms with E-state index in [-0.39, 0.29) is 0 Å². The number of piperidine rings is 1. The molecular weight excluding hydrogens is 360 g/mol. The van der Waals surface area contributed by atoms with Crippen molar-refractivity contribution in [1.29, 1.82) is 5.26 Å². The average molecular weight is 385 g/mol. The van der Waals surface area contributed by atoms with Gasteiger partial charge in [0.15, 0.2) is 0 Å². The Hall–Kier alpha value is -2.33. The first kappa shape index (κ1) is 19.0. The average Bonchev–Trinajstić information content (AvgIpc) is 2.74. The largest absolute Gasteiger partial charge is 0.367 e.